The molecule has 3 N–H and O–H groups in total. The topological polar surface area (TPSA) is 99.9 Å². The van der Waals surface area contributed by atoms with E-state index in [9.17, 15) is 8.42 Å². The van der Waals surface area contributed by atoms with Crippen molar-refractivity contribution in [2.45, 2.75) is 31.2 Å². The molecule has 0 bridgehead atoms. The van der Waals surface area contributed by atoms with Crippen molar-refractivity contribution in [2.24, 2.45) is 5.14 Å². The summed E-state index contributed by atoms with van der Waals surface area (Å²) in [7, 11) is -2.40. The molecule has 1 unspecified atom stereocenters. The van der Waals surface area contributed by atoms with E-state index in [0.29, 0.717) is 37.7 Å². The van der Waals surface area contributed by atoms with Crippen LogP contribution in [0.3, 0.4) is 0 Å². The van der Waals surface area contributed by atoms with E-state index in [4.69, 9.17) is 19.3 Å². The Hall–Kier alpha value is -2.29. The first kappa shape index (κ1) is 22.0. The van der Waals surface area contributed by atoms with Crippen molar-refractivity contribution >= 4 is 10.0 Å². The molecule has 0 heterocycles. The monoisotopic (exact) mass is 408 g/mol. The Bertz CT molecular complexity index is 871. The van der Waals surface area contributed by atoms with Crippen molar-refractivity contribution in [3.63, 3.8) is 0 Å². The summed E-state index contributed by atoms with van der Waals surface area (Å²) in [5.41, 5.74) is 0.775. The Morgan fingerprint density at radius 2 is 1.75 bits per heavy atom. The van der Waals surface area contributed by atoms with Crippen LogP contribution in [0.2, 0.25) is 0 Å². The minimum Gasteiger partial charge on any atom is -0.495 e. The fourth-order valence-electron chi connectivity index (χ4n) is 2.89. The lowest BCUT2D eigenvalue weighted by Gasteiger charge is -2.18. The normalized spacial score (nSPS) is 12.4. The van der Waals surface area contributed by atoms with E-state index in [1.54, 1.807) is 6.07 Å². The summed E-state index contributed by atoms with van der Waals surface area (Å²) in [6.07, 6.45) is 0.585. The lowest BCUT2D eigenvalue weighted by molar-refractivity contribution is 0.272. The van der Waals surface area contributed by atoms with Gasteiger partial charge in [0.1, 0.15) is 17.3 Å². The molecule has 154 valence electrons. The summed E-state index contributed by atoms with van der Waals surface area (Å²) in [6.45, 7) is 5.62. The second-order valence-electron chi connectivity index (χ2n) is 6.28. The van der Waals surface area contributed by atoms with Crippen molar-refractivity contribution in [3.8, 4) is 17.2 Å². The van der Waals surface area contributed by atoms with Gasteiger partial charge in [0.15, 0.2) is 11.5 Å². The van der Waals surface area contributed by atoms with Crippen LogP contribution in [0.15, 0.2) is 47.4 Å². The van der Waals surface area contributed by atoms with Gasteiger partial charge >= 0.3 is 0 Å². The molecule has 0 saturated heterocycles. The summed E-state index contributed by atoms with van der Waals surface area (Å²) >= 11 is 0. The number of methoxy groups -OCH3 is 1. The molecule has 28 heavy (non-hydrogen) atoms. The summed E-state index contributed by atoms with van der Waals surface area (Å²) in [5.74, 6) is 1.73. The Kier molecular flexibility index (Phi) is 8.10. The summed E-state index contributed by atoms with van der Waals surface area (Å²) < 4.78 is 40.1. The average molecular weight is 409 g/mol. The molecule has 0 aliphatic heterocycles. The third kappa shape index (κ3) is 6.12. The number of sulfonamides is 1. The van der Waals surface area contributed by atoms with Crippen LogP contribution in [0, 0.1) is 0 Å². The van der Waals surface area contributed by atoms with Crippen LogP contribution in [-0.2, 0) is 16.4 Å². The molecule has 8 heteroatoms. The lowest BCUT2D eigenvalue weighted by atomic mass is 10.1. The fourth-order valence-corrected chi connectivity index (χ4v) is 3.63. The van der Waals surface area contributed by atoms with E-state index >= 15 is 0 Å². The molecule has 0 aliphatic carbocycles. The second-order valence-corrected chi connectivity index (χ2v) is 7.81. The SMILES string of the molecule is CCOc1ccccc1OCCNC(C)Cc1cccc(S(N)(=O)=O)c1OC. The number of rotatable bonds is 11. The minimum absolute atomic E-state index is 0.00411. The standard InChI is InChI=1S/C20H28N2O5S/c1-4-26-17-9-5-6-10-18(17)27-13-12-22-15(2)14-16-8-7-11-19(20(16)25-3)28(21,23)24/h5-11,15,22H,4,12-14H2,1-3H3,(H2,21,23,24). The first-order valence-electron chi connectivity index (χ1n) is 9.13. The van der Waals surface area contributed by atoms with Crippen LogP contribution in [0.25, 0.3) is 0 Å². The Balaban J connectivity index is 1.91. The van der Waals surface area contributed by atoms with E-state index in [-0.39, 0.29) is 10.9 Å². The smallest absolute Gasteiger partial charge is 0.241 e. The Morgan fingerprint density at radius 1 is 1.07 bits per heavy atom. The van der Waals surface area contributed by atoms with Gasteiger partial charge in [-0.2, -0.15) is 0 Å². The molecule has 2 aromatic carbocycles. The highest BCUT2D eigenvalue weighted by molar-refractivity contribution is 7.89. The maximum atomic E-state index is 11.7. The predicted octanol–water partition coefficient (Wildman–Crippen LogP) is 2.34. The number of nitrogens with one attached hydrogen (secondary N) is 1. The van der Waals surface area contributed by atoms with Crippen LogP contribution in [0.1, 0.15) is 19.4 Å². The first-order valence-corrected chi connectivity index (χ1v) is 10.7. The number of primary sulfonamides is 1. The molecular formula is C20H28N2O5S. The van der Waals surface area contributed by atoms with Crippen molar-refractivity contribution in [1.82, 2.24) is 5.32 Å². The highest BCUT2D eigenvalue weighted by Crippen LogP contribution is 2.28. The van der Waals surface area contributed by atoms with Gasteiger partial charge in [0.2, 0.25) is 10.0 Å². The van der Waals surface area contributed by atoms with Gasteiger partial charge in [-0.15, -0.1) is 0 Å². The van der Waals surface area contributed by atoms with Gasteiger partial charge < -0.3 is 19.5 Å². The highest BCUT2D eigenvalue weighted by atomic mass is 32.2. The number of para-hydroxylation sites is 3. The van der Waals surface area contributed by atoms with Crippen LogP contribution in [-0.4, -0.2) is 41.3 Å². The zero-order chi connectivity index (χ0) is 20.6. The average Bonchev–Trinajstić information content (AvgIpc) is 2.65. The van der Waals surface area contributed by atoms with Crippen molar-refractivity contribution in [3.05, 3.63) is 48.0 Å². The van der Waals surface area contributed by atoms with E-state index in [1.807, 2.05) is 44.2 Å². The lowest BCUT2D eigenvalue weighted by Crippen LogP contribution is -2.32. The molecule has 2 aromatic rings. The maximum Gasteiger partial charge on any atom is 0.241 e. The van der Waals surface area contributed by atoms with E-state index in [2.05, 4.69) is 5.32 Å². The Labute approximate surface area is 166 Å². The molecule has 0 aromatic heterocycles. The molecule has 0 spiro atoms. The van der Waals surface area contributed by atoms with Gasteiger partial charge in [-0.05, 0) is 44.0 Å². The second kappa shape index (κ2) is 10.3. The van der Waals surface area contributed by atoms with Crippen LogP contribution < -0.4 is 24.7 Å². The summed E-state index contributed by atoms with van der Waals surface area (Å²) in [4.78, 5) is -0.00411. The molecule has 0 fully saturated rings. The van der Waals surface area contributed by atoms with E-state index in [1.165, 1.54) is 13.2 Å². The maximum absolute atomic E-state index is 11.7. The van der Waals surface area contributed by atoms with Gasteiger partial charge in [-0.25, -0.2) is 13.6 Å². The van der Waals surface area contributed by atoms with Crippen LogP contribution >= 0.6 is 0 Å². The minimum atomic E-state index is -3.84. The molecule has 7 nitrogen and oxygen atoms in total. The number of hydrogen-bond acceptors (Lipinski definition) is 6. The van der Waals surface area contributed by atoms with Crippen LogP contribution in [0.4, 0.5) is 0 Å². The number of benzene rings is 2. The van der Waals surface area contributed by atoms with Crippen molar-refractivity contribution in [1.29, 1.82) is 0 Å². The number of hydrogen-bond donors (Lipinski definition) is 2. The largest absolute Gasteiger partial charge is 0.495 e. The summed E-state index contributed by atoms with van der Waals surface area (Å²) in [5, 5.41) is 8.63. The quantitative estimate of drug-likeness (QED) is 0.554. The molecule has 0 amide bonds. The zero-order valence-corrected chi connectivity index (χ0v) is 17.3. The fraction of sp³-hybridized carbons (Fsp3) is 0.400. The van der Waals surface area contributed by atoms with Crippen LogP contribution in [0.5, 0.6) is 17.2 Å². The number of nitrogens with two attached hydrogens (primary N) is 1. The zero-order valence-electron chi connectivity index (χ0n) is 16.5. The molecule has 2 rings (SSSR count). The third-order valence-electron chi connectivity index (χ3n) is 4.10. The van der Waals surface area contributed by atoms with E-state index in [0.717, 1.165) is 11.3 Å². The van der Waals surface area contributed by atoms with E-state index < -0.39 is 10.0 Å². The molecule has 0 radical (unpaired) electrons. The molecule has 0 saturated carbocycles. The molecule has 0 aliphatic rings. The van der Waals surface area contributed by atoms with Gasteiger partial charge in [0.05, 0.1) is 13.7 Å². The molecule has 1 atom stereocenters. The number of ether oxygens (including phenoxy) is 3. The van der Waals surface area contributed by atoms with Crippen molar-refractivity contribution < 1.29 is 22.6 Å². The van der Waals surface area contributed by atoms with Crippen molar-refractivity contribution in [2.75, 3.05) is 26.9 Å². The highest BCUT2D eigenvalue weighted by Gasteiger charge is 2.19. The van der Waals surface area contributed by atoms with Gasteiger partial charge in [-0.1, -0.05) is 24.3 Å². The summed E-state index contributed by atoms with van der Waals surface area (Å²) in [6, 6.07) is 12.6. The van der Waals surface area contributed by atoms with Gasteiger partial charge in [0, 0.05) is 12.6 Å². The first-order chi connectivity index (χ1) is 13.4. The van der Waals surface area contributed by atoms with Gasteiger partial charge in [-0.3, -0.25) is 0 Å². The van der Waals surface area contributed by atoms with Gasteiger partial charge in [0.25, 0.3) is 0 Å². The third-order valence-corrected chi connectivity index (χ3v) is 5.03. The Morgan fingerprint density at radius 3 is 2.36 bits per heavy atom. The predicted molar refractivity (Wildman–Crippen MR) is 109 cm³/mol. The molecular weight excluding hydrogens is 380 g/mol.